The number of ether oxygens (including phenoxy) is 1. The summed E-state index contributed by atoms with van der Waals surface area (Å²) in [6.07, 6.45) is 5.60. The third kappa shape index (κ3) is 3.70. The zero-order chi connectivity index (χ0) is 15.5. The van der Waals surface area contributed by atoms with Gasteiger partial charge in [0, 0.05) is 13.7 Å². The highest BCUT2D eigenvalue weighted by Gasteiger charge is 2.41. The first-order valence-electron chi connectivity index (χ1n) is 7.92. The quantitative estimate of drug-likeness (QED) is 0.809. The number of carbonyl (C=O) groups excluding carboxylic acids is 1. The third-order valence-corrected chi connectivity index (χ3v) is 4.53. The van der Waals surface area contributed by atoms with Crippen molar-refractivity contribution in [3.63, 3.8) is 0 Å². The minimum absolute atomic E-state index is 0.148. The van der Waals surface area contributed by atoms with Gasteiger partial charge in [0.15, 0.2) is 5.78 Å². The predicted molar refractivity (Wildman–Crippen MR) is 80.9 cm³/mol. The Hall–Kier alpha value is -1.23. The van der Waals surface area contributed by atoms with E-state index in [2.05, 4.69) is 30.9 Å². The molecule has 1 aromatic heterocycles. The second-order valence-corrected chi connectivity index (χ2v) is 6.73. The molecule has 0 amide bonds. The Balaban J connectivity index is 2.08. The van der Waals surface area contributed by atoms with Gasteiger partial charge < -0.3 is 4.74 Å². The van der Waals surface area contributed by atoms with E-state index in [1.54, 1.807) is 7.11 Å². The minimum Gasteiger partial charge on any atom is -0.370 e. The highest BCUT2D eigenvalue weighted by atomic mass is 16.5. The number of ketones is 1. The van der Waals surface area contributed by atoms with Gasteiger partial charge in [0.25, 0.3) is 0 Å². The highest BCUT2D eigenvalue weighted by Crippen LogP contribution is 2.35. The van der Waals surface area contributed by atoms with E-state index >= 15 is 0 Å². The molecule has 2 rings (SSSR count). The van der Waals surface area contributed by atoms with Crippen LogP contribution in [0.2, 0.25) is 0 Å². The number of Topliss-reactive ketones (excluding diaryl/α,β-unsaturated/α-hetero) is 1. The van der Waals surface area contributed by atoms with Crippen LogP contribution in [0.15, 0.2) is 6.33 Å². The lowest BCUT2D eigenvalue weighted by Crippen LogP contribution is -2.45. The Kier molecular flexibility index (Phi) is 5.14. The van der Waals surface area contributed by atoms with Crippen molar-refractivity contribution < 1.29 is 9.53 Å². The molecule has 0 atom stereocenters. The minimum atomic E-state index is -0.610. The first-order chi connectivity index (χ1) is 9.97. The fourth-order valence-corrected chi connectivity index (χ4v) is 3.05. The van der Waals surface area contributed by atoms with Gasteiger partial charge in [-0.05, 0) is 37.5 Å². The van der Waals surface area contributed by atoms with Crippen molar-refractivity contribution in [1.82, 2.24) is 14.8 Å². The molecule has 0 spiro atoms. The van der Waals surface area contributed by atoms with E-state index in [0.717, 1.165) is 38.1 Å². The SMILES string of the molecule is COC1(C(=O)Cc2ncnn2CC(C)C)CCC(C)CC1. The van der Waals surface area contributed by atoms with Gasteiger partial charge in [0.1, 0.15) is 17.8 Å². The molecule has 0 radical (unpaired) electrons. The summed E-state index contributed by atoms with van der Waals surface area (Å²) >= 11 is 0. The van der Waals surface area contributed by atoms with E-state index in [4.69, 9.17) is 4.74 Å². The van der Waals surface area contributed by atoms with Crippen molar-refractivity contribution in [2.24, 2.45) is 11.8 Å². The van der Waals surface area contributed by atoms with E-state index in [1.165, 1.54) is 6.33 Å². The smallest absolute Gasteiger partial charge is 0.172 e. The summed E-state index contributed by atoms with van der Waals surface area (Å²) in [5.41, 5.74) is -0.610. The van der Waals surface area contributed by atoms with Crippen LogP contribution < -0.4 is 0 Å². The monoisotopic (exact) mass is 293 g/mol. The Morgan fingerprint density at radius 2 is 2.14 bits per heavy atom. The molecule has 0 bridgehead atoms. The average Bonchev–Trinajstić information content (AvgIpc) is 2.86. The van der Waals surface area contributed by atoms with E-state index in [9.17, 15) is 4.79 Å². The Morgan fingerprint density at radius 1 is 1.48 bits per heavy atom. The first kappa shape index (κ1) is 16.1. The van der Waals surface area contributed by atoms with Gasteiger partial charge in [-0.3, -0.25) is 4.79 Å². The standard InChI is InChI=1S/C16H27N3O2/c1-12(2)10-19-15(17-11-18-19)9-14(20)16(21-4)7-5-13(3)6-8-16/h11-13H,5-10H2,1-4H3. The molecule has 118 valence electrons. The second kappa shape index (κ2) is 6.69. The Labute approximate surface area is 127 Å². The number of methoxy groups -OCH3 is 1. The summed E-state index contributed by atoms with van der Waals surface area (Å²) in [4.78, 5) is 17.0. The van der Waals surface area contributed by atoms with E-state index < -0.39 is 5.60 Å². The molecule has 21 heavy (non-hydrogen) atoms. The zero-order valence-corrected chi connectivity index (χ0v) is 13.6. The molecule has 0 aliphatic heterocycles. The lowest BCUT2D eigenvalue weighted by atomic mass is 9.76. The van der Waals surface area contributed by atoms with Crippen molar-refractivity contribution in [1.29, 1.82) is 0 Å². The second-order valence-electron chi connectivity index (χ2n) is 6.73. The third-order valence-electron chi connectivity index (χ3n) is 4.53. The number of rotatable bonds is 6. The van der Waals surface area contributed by atoms with Gasteiger partial charge in [-0.2, -0.15) is 5.10 Å². The van der Waals surface area contributed by atoms with Crippen LogP contribution in [0.5, 0.6) is 0 Å². The van der Waals surface area contributed by atoms with Crippen molar-refractivity contribution in [2.75, 3.05) is 7.11 Å². The van der Waals surface area contributed by atoms with Crippen LogP contribution in [-0.2, 0) is 22.5 Å². The van der Waals surface area contributed by atoms with Crippen LogP contribution in [-0.4, -0.2) is 33.3 Å². The summed E-state index contributed by atoms with van der Waals surface area (Å²) in [7, 11) is 1.66. The number of carbonyl (C=O) groups is 1. The highest BCUT2D eigenvalue weighted by molar-refractivity contribution is 5.88. The molecule has 1 aliphatic rings. The van der Waals surface area contributed by atoms with Gasteiger partial charge in [-0.15, -0.1) is 0 Å². The van der Waals surface area contributed by atoms with Crippen molar-refractivity contribution in [2.45, 2.75) is 65.0 Å². The summed E-state index contributed by atoms with van der Waals surface area (Å²) in [6.45, 7) is 7.29. The maximum atomic E-state index is 12.8. The van der Waals surface area contributed by atoms with Crippen LogP contribution >= 0.6 is 0 Å². The maximum Gasteiger partial charge on any atom is 0.172 e. The molecule has 1 aliphatic carbocycles. The Bertz CT molecular complexity index is 474. The van der Waals surface area contributed by atoms with Crippen LogP contribution in [0.1, 0.15) is 52.3 Å². The number of aromatic nitrogens is 3. The zero-order valence-electron chi connectivity index (χ0n) is 13.6. The fourth-order valence-electron chi connectivity index (χ4n) is 3.05. The molecule has 5 heteroatoms. The summed E-state index contributed by atoms with van der Waals surface area (Å²) in [6, 6.07) is 0. The summed E-state index contributed by atoms with van der Waals surface area (Å²) < 4.78 is 7.50. The molecule has 1 aromatic rings. The molecule has 5 nitrogen and oxygen atoms in total. The lowest BCUT2D eigenvalue weighted by molar-refractivity contribution is -0.145. The molecule has 1 heterocycles. The van der Waals surface area contributed by atoms with Gasteiger partial charge in [-0.1, -0.05) is 20.8 Å². The average molecular weight is 293 g/mol. The molecular formula is C16H27N3O2. The molecule has 0 aromatic carbocycles. The molecule has 1 fully saturated rings. The van der Waals surface area contributed by atoms with E-state index in [1.807, 2.05) is 4.68 Å². The molecular weight excluding hydrogens is 266 g/mol. The van der Waals surface area contributed by atoms with Gasteiger partial charge >= 0.3 is 0 Å². The predicted octanol–water partition coefficient (Wildman–Crippen LogP) is 2.64. The molecule has 1 saturated carbocycles. The fraction of sp³-hybridized carbons (Fsp3) is 0.812. The number of hydrogen-bond acceptors (Lipinski definition) is 4. The van der Waals surface area contributed by atoms with E-state index in [-0.39, 0.29) is 5.78 Å². The Morgan fingerprint density at radius 3 is 2.71 bits per heavy atom. The van der Waals surface area contributed by atoms with Crippen LogP contribution in [0.3, 0.4) is 0 Å². The van der Waals surface area contributed by atoms with Crippen LogP contribution in [0.4, 0.5) is 0 Å². The molecule has 0 N–H and O–H groups in total. The van der Waals surface area contributed by atoms with Gasteiger partial charge in [0.05, 0.1) is 6.42 Å². The lowest BCUT2D eigenvalue weighted by Gasteiger charge is -2.36. The molecule has 0 saturated heterocycles. The van der Waals surface area contributed by atoms with Gasteiger partial charge in [0.2, 0.25) is 0 Å². The maximum absolute atomic E-state index is 12.8. The number of nitrogens with zero attached hydrogens (tertiary/aromatic N) is 3. The normalized spacial score (nSPS) is 26.2. The summed E-state index contributed by atoms with van der Waals surface area (Å²) in [5, 5.41) is 4.23. The van der Waals surface area contributed by atoms with Gasteiger partial charge in [-0.25, -0.2) is 9.67 Å². The van der Waals surface area contributed by atoms with Crippen LogP contribution in [0.25, 0.3) is 0 Å². The first-order valence-corrected chi connectivity index (χ1v) is 7.92. The van der Waals surface area contributed by atoms with Crippen molar-refractivity contribution >= 4 is 5.78 Å². The largest absolute Gasteiger partial charge is 0.370 e. The topological polar surface area (TPSA) is 57.0 Å². The molecule has 0 unspecified atom stereocenters. The number of hydrogen-bond donors (Lipinski definition) is 0. The van der Waals surface area contributed by atoms with Crippen molar-refractivity contribution in [3.05, 3.63) is 12.2 Å². The van der Waals surface area contributed by atoms with E-state index in [0.29, 0.717) is 18.3 Å². The van der Waals surface area contributed by atoms with Crippen molar-refractivity contribution in [3.8, 4) is 0 Å². The summed E-state index contributed by atoms with van der Waals surface area (Å²) in [5.74, 6) is 2.07. The van der Waals surface area contributed by atoms with Crippen LogP contribution in [0, 0.1) is 11.8 Å².